The summed E-state index contributed by atoms with van der Waals surface area (Å²) in [7, 11) is 1.59. The van der Waals surface area contributed by atoms with Gasteiger partial charge in [0.2, 0.25) is 5.91 Å². The van der Waals surface area contributed by atoms with Crippen molar-refractivity contribution < 1.29 is 9.53 Å². The highest BCUT2D eigenvalue weighted by atomic mass is 35.5. The summed E-state index contributed by atoms with van der Waals surface area (Å²) in [5, 5.41) is 3.69. The van der Waals surface area contributed by atoms with Gasteiger partial charge in [0.15, 0.2) is 0 Å². The molecule has 0 saturated heterocycles. The van der Waals surface area contributed by atoms with Crippen LogP contribution in [-0.4, -0.2) is 13.0 Å². The molecule has 1 N–H and O–H groups in total. The molecule has 5 heteroatoms. The topological polar surface area (TPSA) is 38.3 Å². The normalized spacial score (nSPS) is 10.6. The summed E-state index contributed by atoms with van der Waals surface area (Å²) in [6.07, 6.45) is 3.10. The van der Waals surface area contributed by atoms with E-state index in [1.807, 2.05) is 0 Å². The predicted molar refractivity (Wildman–Crippen MR) is 87.1 cm³/mol. The number of carbonyl (C=O) groups excluding carboxylic acids is 1. The van der Waals surface area contributed by atoms with E-state index in [1.165, 1.54) is 6.08 Å². The lowest BCUT2D eigenvalue weighted by molar-refractivity contribution is -0.111. The zero-order valence-electron chi connectivity index (χ0n) is 11.3. The first-order valence-electron chi connectivity index (χ1n) is 6.16. The van der Waals surface area contributed by atoms with Crippen LogP contribution in [-0.2, 0) is 4.79 Å². The zero-order chi connectivity index (χ0) is 15.2. The molecule has 0 bridgehead atoms. The molecular weight excluding hydrogens is 309 g/mol. The fourth-order valence-corrected chi connectivity index (χ4v) is 1.95. The molecule has 3 nitrogen and oxygen atoms in total. The summed E-state index contributed by atoms with van der Waals surface area (Å²) in [4.78, 5) is 11.8. The van der Waals surface area contributed by atoms with Crippen molar-refractivity contribution in [2.45, 2.75) is 0 Å². The number of benzene rings is 2. The van der Waals surface area contributed by atoms with Crippen LogP contribution in [0.4, 0.5) is 5.69 Å². The second-order valence-electron chi connectivity index (χ2n) is 4.22. The minimum atomic E-state index is -0.230. The van der Waals surface area contributed by atoms with Crippen molar-refractivity contribution in [3.05, 3.63) is 64.1 Å². The maximum atomic E-state index is 11.8. The molecule has 0 aromatic heterocycles. The van der Waals surface area contributed by atoms with Gasteiger partial charge < -0.3 is 10.1 Å². The van der Waals surface area contributed by atoms with Crippen molar-refractivity contribution in [2.24, 2.45) is 0 Å². The largest absolute Gasteiger partial charge is 0.497 e. The smallest absolute Gasteiger partial charge is 0.248 e. The Kier molecular flexibility index (Phi) is 5.26. The maximum Gasteiger partial charge on any atom is 0.248 e. The van der Waals surface area contributed by atoms with E-state index >= 15 is 0 Å². The van der Waals surface area contributed by atoms with E-state index in [0.29, 0.717) is 15.7 Å². The third kappa shape index (κ3) is 4.52. The van der Waals surface area contributed by atoms with Gasteiger partial charge in [-0.3, -0.25) is 4.79 Å². The van der Waals surface area contributed by atoms with Gasteiger partial charge in [-0.2, -0.15) is 0 Å². The molecule has 2 aromatic rings. The van der Waals surface area contributed by atoms with Crippen LogP contribution in [0, 0.1) is 0 Å². The Hall–Kier alpha value is -1.97. The van der Waals surface area contributed by atoms with Crippen molar-refractivity contribution >= 4 is 40.9 Å². The predicted octanol–water partition coefficient (Wildman–Crippen LogP) is 4.65. The van der Waals surface area contributed by atoms with Crippen molar-refractivity contribution in [1.29, 1.82) is 0 Å². The van der Waals surface area contributed by atoms with E-state index in [0.717, 1.165) is 11.3 Å². The molecule has 0 aliphatic carbocycles. The lowest BCUT2D eigenvalue weighted by atomic mass is 10.2. The van der Waals surface area contributed by atoms with Crippen LogP contribution >= 0.6 is 23.2 Å². The van der Waals surface area contributed by atoms with Crippen LogP contribution in [0.15, 0.2) is 48.5 Å². The quantitative estimate of drug-likeness (QED) is 0.832. The SMILES string of the molecule is COc1ccc(NC(=O)/C=C/c2ccc(Cl)c(Cl)c2)cc1. The van der Waals surface area contributed by atoms with E-state index in [-0.39, 0.29) is 5.91 Å². The number of rotatable bonds is 4. The summed E-state index contributed by atoms with van der Waals surface area (Å²) in [5.41, 5.74) is 1.49. The Morgan fingerprint density at radius 2 is 1.81 bits per heavy atom. The molecule has 0 aliphatic rings. The van der Waals surface area contributed by atoms with Crippen LogP contribution in [0.1, 0.15) is 5.56 Å². The molecule has 0 atom stereocenters. The summed E-state index contributed by atoms with van der Waals surface area (Å²) in [6, 6.07) is 12.3. The number of hydrogen-bond donors (Lipinski definition) is 1. The molecule has 0 aliphatic heterocycles. The lowest BCUT2D eigenvalue weighted by Gasteiger charge is -2.03. The van der Waals surface area contributed by atoms with Gasteiger partial charge in [-0.25, -0.2) is 0 Å². The number of hydrogen-bond acceptors (Lipinski definition) is 2. The molecule has 0 saturated carbocycles. The first kappa shape index (κ1) is 15.4. The monoisotopic (exact) mass is 321 g/mol. The minimum Gasteiger partial charge on any atom is -0.497 e. The number of ether oxygens (including phenoxy) is 1. The van der Waals surface area contributed by atoms with Crippen molar-refractivity contribution in [2.75, 3.05) is 12.4 Å². The first-order chi connectivity index (χ1) is 10.1. The number of amides is 1. The first-order valence-corrected chi connectivity index (χ1v) is 6.92. The van der Waals surface area contributed by atoms with Crippen LogP contribution in [0.5, 0.6) is 5.75 Å². The van der Waals surface area contributed by atoms with Crippen LogP contribution in [0.2, 0.25) is 10.0 Å². The number of nitrogens with one attached hydrogen (secondary N) is 1. The van der Waals surface area contributed by atoms with Crippen molar-refractivity contribution in [1.82, 2.24) is 0 Å². The average molecular weight is 322 g/mol. The third-order valence-electron chi connectivity index (χ3n) is 2.73. The molecular formula is C16H13Cl2NO2. The van der Waals surface area contributed by atoms with Crippen LogP contribution in [0.25, 0.3) is 6.08 Å². The fraction of sp³-hybridized carbons (Fsp3) is 0.0625. The Labute approximate surface area is 133 Å². The fourth-order valence-electron chi connectivity index (χ4n) is 1.65. The molecule has 2 aromatic carbocycles. The number of halogens is 2. The lowest BCUT2D eigenvalue weighted by Crippen LogP contribution is -2.07. The van der Waals surface area contributed by atoms with Crippen molar-refractivity contribution in [3.8, 4) is 5.75 Å². The van der Waals surface area contributed by atoms with E-state index in [1.54, 1.807) is 55.7 Å². The molecule has 21 heavy (non-hydrogen) atoms. The van der Waals surface area contributed by atoms with Gasteiger partial charge in [-0.05, 0) is 48.0 Å². The maximum absolute atomic E-state index is 11.8. The second-order valence-corrected chi connectivity index (χ2v) is 5.04. The Balaban J connectivity index is 1.99. The summed E-state index contributed by atoms with van der Waals surface area (Å²) < 4.78 is 5.05. The van der Waals surface area contributed by atoms with Gasteiger partial charge >= 0.3 is 0 Å². The molecule has 0 heterocycles. The highest BCUT2D eigenvalue weighted by Crippen LogP contribution is 2.23. The van der Waals surface area contributed by atoms with E-state index in [4.69, 9.17) is 27.9 Å². The number of methoxy groups -OCH3 is 1. The summed E-state index contributed by atoms with van der Waals surface area (Å²) in [6.45, 7) is 0. The van der Waals surface area contributed by atoms with Crippen molar-refractivity contribution in [3.63, 3.8) is 0 Å². The second kappa shape index (κ2) is 7.16. The van der Waals surface area contributed by atoms with Gasteiger partial charge in [-0.15, -0.1) is 0 Å². The van der Waals surface area contributed by atoms with Gasteiger partial charge in [-0.1, -0.05) is 29.3 Å². The van der Waals surface area contributed by atoms with Gasteiger partial charge in [0, 0.05) is 11.8 Å². The average Bonchev–Trinajstić information content (AvgIpc) is 2.49. The van der Waals surface area contributed by atoms with Gasteiger partial charge in [0.25, 0.3) is 0 Å². The van der Waals surface area contributed by atoms with Crippen LogP contribution in [0.3, 0.4) is 0 Å². The Morgan fingerprint density at radius 1 is 1.10 bits per heavy atom. The highest BCUT2D eigenvalue weighted by molar-refractivity contribution is 6.42. The number of anilines is 1. The standard InChI is InChI=1S/C16H13Cl2NO2/c1-21-13-6-4-12(5-7-13)19-16(20)9-3-11-2-8-14(17)15(18)10-11/h2-10H,1H3,(H,19,20)/b9-3+. The van der Waals surface area contributed by atoms with E-state index in [2.05, 4.69) is 5.32 Å². The van der Waals surface area contributed by atoms with Gasteiger partial charge in [0.05, 0.1) is 17.2 Å². The van der Waals surface area contributed by atoms with Crippen LogP contribution < -0.4 is 10.1 Å². The summed E-state index contributed by atoms with van der Waals surface area (Å²) in [5.74, 6) is 0.505. The minimum absolute atomic E-state index is 0.230. The molecule has 0 radical (unpaired) electrons. The molecule has 1 amide bonds. The molecule has 108 valence electrons. The third-order valence-corrected chi connectivity index (χ3v) is 3.47. The molecule has 0 spiro atoms. The zero-order valence-corrected chi connectivity index (χ0v) is 12.8. The molecule has 0 fully saturated rings. The molecule has 2 rings (SSSR count). The van der Waals surface area contributed by atoms with E-state index in [9.17, 15) is 4.79 Å². The Morgan fingerprint density at radius 3 is 2.43 bits per heavy atom. The molecule has 0 unspecified atom stereocenters. The number of carbonyl (C=O) groups is 1. The highest BCUT2D eigenvalue weighted by Gasteiger charge is 2.00. The summed E-state index contributed by atoms with van der Waals surface area (Å²) >= 11 is 11.7. The van der Waals surface area contributed by atoms with Gasteiger partial charge in [0.1, 0.15) is 5.75 Å². The Bertz CT molecular complexity index is 666. The van der Waals surface area contributed by atoms with E-state index < -0.39 is 0 Å².